The summed E-state index contributed by atoms with van der Waals surface area (Å²) >= 11 is 0. The number of rotatable bonds is 5. The number of nitrogens with zero attached hydrogens (tertiary/aromatic N) is 2. The van der Waals surface area contributed by atoms with Crippen molar-refractivity contribution < 1.29 is 27.8 Å². The molecule has 0 aliphatic carbocycles. The molecule has 1 aliphatic heterocycles. The molecule has 0 aromatic heterocycles. The van der Waals surface area contributed by atoms with Gasteiger partial charge in [0.25, 0.3) is 0 Å². The third kappa shape index (κ3) is 4.73. The number of carboxylic acids is 1. The summed E-state index contributed by atoms with van der Waals surface area (Å²) < 4.78 is 41.3. The van der Waals surface area contributed by atoms with Crippen LogP contribution in [0.4, 0.5) is 13.2 Å². The zero-order chi connectivity index (χ0) is 17.0. The van der Waals surface area contributed by atoms with Crippen molar-refractivity contribution in [2.24, 2.45) is 4.99 Å². The van der Waals surface area contributed by atoms with Crippen LogP contribution in [0.2, 0.25) is 0 Å². The number of alkyl halides is 3. The monoisotopic (exact) mass is 328 g/mol. The Hall–Kier alpha value is -2.51. The highest BCUT2D eigenvalue weighted by Crippen LogP contribution is 2.26. The van der Waals surface area contributed by atoms with Gasteiger partial charge >= 0.3 is 12.1 Å². The standard InChI is InChI=1S/C15H15F3N2O3/c1-10(20-6-5-13(14(21)22)19-9-20)11-3-2-4-12(7-11)23-8-15(16,17)18/h2-7,10H,8-9H2,1H3,(H,21,22). The lowest BCUT2D eigenvalue weighted by atomic mass is 10.1. The molecule has 1 unspecified atom stereocenters. The fraction of sp³-hybridized carbons (Fsp3) is 0.333. The van der Waals surface area contributed by atoms with Crippen molar-refractivity contribution in [3.05, 3.63) is 42.1 Å². The minimum Gasteiger partial charge on any atom is -0.484 e. The Balaban J connectivity index is 2.05. The molecule has 0 bridgehead atoms. The number of ether oxygens (including phenoxy) is 1. The Morgan fingerprint density at radius 3 is 2.78 bits per heavy atom. The fourth-order valence-corrected chi connectivity index (χ4v) is 2.04. The van der Waals surface area contributed by atoms with Crippen LogP contribution >= 0.6 is 0 Å². The first-order valence-electron chi connectivity index (χ1n) is 6.77. The number of benzene rings is 1. The molecule has 1 N–H and O–H groups in total. The van der Waals surface area contributed by atoms with Crippen LogP contribution in [0.3, 0.4) is 0 Å². The van der Waals surface area contributed by atoms with Crippen LogP contribution in [-0.2, 0) is 4.79 Å². The highest BCUT2D eigenvalue weighted by atomic mass is 19.4. The van der Waals surface area contributed by atoms with E-state index in [1.165, 1.54) is 18.2 Å². The zero-order valence-corrected chi connectivity index (χ0v) is 12.2. The van der Waals surface area contributed by atoms with Crippen LogP contribution in [0.1, 0.15) is 18.5 Å². The first kappa shape index (κ1) is 16.9. The largest absolute Gasteiger partial charge is 0.484 e. The molecule has 1 aromatic rings. The Morgan fingerprint density at radius 2 is 2.22 bits per heavy atom. The first-order chi connectivity index (χ1) is 10.8. The van der Waals surface area contributed by atoms with Crippen LogP contribution in [-0.4, -0.2) is 41.1 Å². The molecule has 0 saturated heterocycles. The van der Waals surface area contributed by atoms with Gasteiger partial charge in [-0.3, -0.25) is 4.99 Å². The number of aliphatic imine (C=N–C) groups is 1. The summed E-state index contributed by atoms with van der Waals surface area (Å²) in [6.45, 7) is 0.655. The van der Waals surface area contributed by atoms with Crippen LogP contribution in [0.15, 0.2) is 41.5 Å². The van der Waals surface area contributed by atoms with E-state index in [1.807, 2.05) is 6.92 Å². The molecule has 0 amide bonds. The van der Waals surface area contributed by atoms with E-state index in [9.17, 15) is 18.0 Å². The molecule has 1 heterocycles. The summed E-state index contributed by atoms with van der Waals surface area (Å²) in [5.41, 5.74) is 0.707. The summed E-state index contributed by atoms with van der Waals surface area (Å²) in [4.78, 5) is 16.5. The molecule has 0 fully saturated rings. The summed E-state index contributed by atoms with van der Waals surface area (Å²) in [5.74, 6) is -0.974. The molecule has 1 aliphatic rings. The number of aliphatic carboxylic acids is 1. The molecule has 5 nitrogen and oxygen atoms in total. The fourth-order valence-electron chi connectivity index (χ4n) is 2.04. The first-order valence-corrected chi connectivity index (χ1v) is 6.77. The predicted molar refractivity (Wildman–Crippen MR) is 77.3 cm³/mol. The van der Waals surface area contributed by atoms with Gasteiger partial charge in [0, 0.05) is 6.20 Å². The smallest absolute Gasteiger partial charge is 0.422 e. The maximum absolute atomic E-state index is 12.2. The Bertz CT molecular complexity index is 641. The van der Waals surface area contributed by atoms with E-state index >= 15 is 0 Å². The van der Waals surface area contributed by atoms with Crippen LogP contribution < -0.4 is 4.74 Å². The molecule has 23 heavy (non-hydrogen) atoms. The van der Waals surface area contributed by atoms with Gasteiger partial charge in [0.1, 0.15) is 18.1 Å². The average Bonchev–Trinajstić information content (AvgIpc) is 2.52. The topological polar surface area (TPSA) is 62.1 Å². The molecule has 0 saturated carbocycles. The molecule has 8 heteroatoms. The van der Waals surface area contributed by atoms with Crippen molar-refractivity contribution in [1.29, 1.82) is 0 Å². The zero-order valence-electron chi connectivity index (χ0n) is 12.2. The van der Waals surface area contributed by atoms with Gasteiger partial charge in [-0.2, -0.15) is 13.2 Å². The lowest BCUT2D eigenvalue weighted by molar-refractivity contribution is -0.153. The highest BCUT2D eigenvalue weighted by molar-refractivity contribution is 6.40. The Kier molecular flexibility index (Phi) is 4.92. The third-order valence-corrected chi connectivity index (χ3v) is 3.29. The molecule has 1 aromatic carbocycles. The molecular formula is C15H15F3N2O3. The van der Waals surface area contributed by atoms with E-state index in [0.29, 0.717) is 0 Å². The Labute approximate surface area is 130 Å². The number of hydrogen-bond acceptors (Lipinski definition) is 4. The maximum Gasteiger partial charge on any atom is 0.422 e. The minimum atomic E-state index is -4.39. The van der Waals surface area contributed by atoms with Gasteiger partial charge in [-0.05, 0) is 30.7 Å². The van der Waals surface area contributed by atoms with E-state index in [1.54, 1.807) is 23.2 Å². The number of carbonyl (C=O) groups is 1. The quantitative estimate of drug-likeness (QED) is 0.902. The minimum absolute atomic E-state index is 0.0317. The summed E-state index contributed by atoms with van der Waals surface area (Å²) in [6.07, 6.45) is -1.41. The lowest BCUT2D eigenvalue weighted by Crippen LogP contribution is -2.27. The van der Waals surface area contributed by atoms with E-state index in [2.05, 4.69) is 4.99 Å². The maximum atomic E-state index is 12.2. The second kappa shape index (κ2) is 6.72. The van der Waals surface area contributed by atoms with Crippen molar-refractivity contribution in [1.82, 2.24) is 4.90 Å². The molecular weight excluding hydrogens is 313 g/mol. The van der Waals surface area contributed by atoms with Gasteiger partial charge in [0.2, 0.25) is 0 Å². The Morgan fingerprint density at radius 1 is 1.48 bits per heavy atom. The van der Waals surface area contributed by atoms with E-state index in [0.717, 1.165) is 5.56 Å². The van der Waals surface area contributed by atoms with E-state index < -0.39 is 18.8 Å². The summed E-state index contributed by atoms with van der Waals surface area (Å²) in [7, 11) is 0. The average molecular weight is 328 g/mol. The summed E-state index contributed by atoms with van der Waals surface area (Å²) in [6, 6.07) is 6.15. The van der Waals surface area contributed by atoms with Crippen LogP contribution in [0, 0.1) is 0 Å². The lowest BCUT2D eigenvalue weighted by Gasteiger charge is -2.28. The molecule has 0 radical (unpaired) electrons. The van der Waals surface area contributed by atoms with Gasteiger partial charge < -0.3 is 14.7 Å². The second-order valence-electron chi connectivity index (χ2n) is 4.97. The third-order valence-electron chi connectivity index (χ3n) is 3.29. The van der Waals surface area contributed by atoms with E-state index in [4.69, 9.17) is 9.84 Å². The molecule has 124 valence electrons. The van der Waals surface area contributed by atoms with Gasteiger partial charge in [-0.15, -0.1) is 0 Å². The SMILES string of the molecule is CC(c1cccc(OCC(F)(F)F)c1)N1C=CC(C(=O)O)=NC1. The second-order valence-corrected chi connectivity index (χ2v) is 4.97. The van der Waals surface area contributed by atoms with Gasteiger partial charge in [-0.1, -0.05) is 12.1 Å². The molecule has 1 atom stereocenters. The van der Waals surface area contributed by atoms with Crippen molar-refractivity contribution in [2.45, 2.75) is 19.1 Å². The number of hydrogen-bond donors (Lipinski definition) is 1. The van der Waals surface area contributed by atoms with Gasteiger partial charge in [-0.25, -0.2) is 4.79 Å². The molecule has 0 spiro atoms. The van der Waals surface area contributed by atoms with Crippen molar-refractivity contribution >= 4 is 11.7 Å². The highest BCUT2D eigenvalue weighted by Gasteiger charge is 2.28. The van der Waals surface area contributed by atoms with Crippen LogP contribution in [0.5, 0.6) is 5.75 Å². The van der Waals surface area contributed by atoms with Crippen molar-refractivity contribution in [3.63, 3.8) is 0 Å². The predicted octanol–water partition coefficient (Wildman–Crippen LogP) is 3.00. The normalized spacial score (nSPS) is 16.0. The molecule has 2 rings (SSSR count). The number of carboxylic acid groups (broad SMARTS) is 1. The van der Waals surface area contributed by atoms with Crippen LogP contribution in [0.25, 0.3) is 0 Å². The van der Waals surface area contributed by atoms with Gasteiger partial charge in [0.05, 0.1) is 6.04 Å². The van der Waals surface area contributed by atoms with Gasteiger partial charge in [0.15, 0.2) is 6.61 Å². The number of halogens is 3. The van der Waals surface area contributed by atoms with Crippen molar-refractivity contribution in [2.75, 3.05) is 13.3 Å². The summed E-state index contributed by atoms with van der Waals surface area (Å²) in [5, 5.41) is 8.83. The van der Waals surface area contributed by atoms with Crippen molar-refractivity contribution in [3.8, 4) is 5.75 Å². The van der Waals surface area contributed by atoms with E-state index in [-0.39, 0.29) is 24.2 Å².